The Hall–Kier alpha value is -1.49. The molecule has 0 amide bonds. The molecule has 1 N–H and O–H groups in total. The Morgan fingerprint density at radius 2 is 2.25 bits per heavy atom. The smallest absolute Gasteiger partial charge is 0.266 e. The SMILES string of the molecule is CN(c1cc(F)c(S(=O)(=O)Nc2nccs2)cc1Cl)[C@@]12CCCN1C[C@@H](F)C2. The van der Waals surface area contributed by atoms with Gasteiger partial charge in [0.2, 0.25) is 0 Å². The van der Waals surface area contributed by atoms with Gasteiger partial charge >= 0.3 is 0 Å². The van der Waals surface area contributed by atoms with Gasteiger partial charge in [0.15, 0.2) is 5.13 Å². The van der Waals surface area contributed by atoms with Crippen molar-refractivity contribution in [2.24, 2.45) is 0 Å². The summed E-state index contributed by atoms with van der Waals surface area (Å²) in [6, 6.07) is 2.20. The molecule has 2 aromatic rings. The highest BCUT2D eigenvalue weighted by atomic mass is 35.5. The lowest BCUT2D eigenvalue weighted by Gasteiger charge is -2.42. The summed E-state index contributed by atoms with van der Waals surface area (Å²) in [7, 11) is -2.43. The van der Waals surface area contributed by atoms with Crippen molar-refractivity contribution in [1.29, 1.82) is 0 Å². The monoisotopic (exact) mass is 448 g/mol. The number of sulfonamides is 1. The van der Waals surface area contributed by atoms with Crippen molar-refractivity contribution in [3.05, 3.63) is 34.5 Å². The van der Waals surface area contributed by atoms with Crippen LogP contribution in [0, 0.1) is 5.82 Å². The fraction of sp³-hybridized carbons (Fsp3) is 0.471. The van der Waals surface area contributed by atoms with E-state index in [1.165, 1.54) is 6.20 Å². The summed E-state index contributed by atoms with van der Waals surface area (Å²) >= 11 is 7.44. The predicted octanol–water partition coefficient (Wildman–Crippen LogP) is 3.71. The van der Waals surface area contributed by atoms with Crippen molar-refractivity contribution in [2.45, 2.75) is 36.0 Å². The first-order valence-electron chi connectivity index (χ1n) is 8.77. The van der Waals surface area contributed by atoms with Crippen molar-refractivity contribution < 1.29 is 17.2 Å². The van der Waals surface area contributed by atoms with Gasteiger partial charge in [0, 0.05) is 44.2 Å². The number of thiazole rings is 1. The maximum Gasteiger partial charge on any atom is 0.266 e. The molecule has 11 heteroatoms. The third-order valence-electron chi connectivity index (χ3n) is 5.49. The molecular weight excluding hydrogens is 430 g/mol. The van der Waals surface area contributed by atoms with Gasteiger partial charge in [0.1, 0.15) is 16.9 Å². The first-order chi connectivity index (χ1) is 13.2. The standard InChI is InChI=1S/C17H19ClF2N4O2S2/c1-23(17-3-2-5-24(17)10-11(19)9-17)14-8-13(20)15(7-12(14)18)28(25,26)22-16-21-4-6-27-16/h4,6-8,11H,2-3,5,9-10H2,1H3,(H,21,22)/t11-,17-/m0/s1. The number of aromatic nitrogens is 1. The summed E-state index contributed by atoms with van der Waals surface area (Å²) in [6.45, 7) is 1.11. The number of rotatable bonds is 5. The van der Waals surface area contributed by atoms with Gasteiger partial charge in [-0.05, 0) is 18.9 Å². The van der Waals surface area contributed by atoms with Gasteiger partial charge in [-0.25, -0.2) is 22.2 Å². The molecule has 0 aliphatic carbocycles. The molecule has 4 rings (SSSR count). The van der Waals surface area contributed by atoms with Gasteiger partial charge in [-0.15, -0.1) is 11.3 Å². The van der Waals surface area contributed by atoms with Crippen LogP contribution in [0.4, 0.5) is 19.6 Å². The zero-order valence-corrected chi connectivity index (χ0v) is 17.4. The largest absolute Gasteiger partial charge is 0.355 e. The Morgan fingerprint density at radius 1 is 1.46 bits per heavy atom. The summed E-state index contributed by atoms with van der Waals surface area (Å²) in [4.78, 5) is 7.13. The Balaban J connectivity index is 1.68. The molecule has 2 fully saturated rings. The normalized spacial score (nSPS) is 25.1. The van der Waals surface area contributed by atoms with Crippen LogP contribution in [0.1, 0.15) is 19.3 Å². The van der Waals surface area contributed by atoms with Gasteiger partial charge in [0.05, 0.1) is 16.4 Å². The van der Waals surface area contributed by atoms with E-state index in [0.29, 0.717) is 18.7 Å². The molecule has 0 radical (unpaired) electrons. The Bertz CT molecular complexity index is 989. The quantitative estimate of drug-likeness (QED) is 0.755. The van der Waals surface area contributed by atoms with Gasteiger partial charge in [0.25, 0.3) is 10.0 Å². The number of benzene rings is 1. The topological polar surface area (TPSA) is 65.5 Å². The van der Waals surface area contributed by atoms with Crippen LogP contribution in [-0.2, 0) is 10.0 Å². The first kappa shape index (κ1) is 19.8. The molecule has 0 spiro atoms. The van der Waals surface area contributed by atoms with E-state index in [4.69, 9.17) is 11.6 Å². The van der Waals surface area contributed by atoms with Gasteiger partial charge in [-0.1, -0.05) is 11.6 Å². The minimum Gasteiger partial charge on any atom is -0.355 e. The minimum atomic E-state index is -4.18. The molecule has 0 unspecified atom stereocenters. The summed E-state index contributed by atoms with van der Waals surface area (Å²) < 4.78 is 56.2. The first-order valence-corrected chi connectivity index (χ1v) is 11.5. The number of hydrogen-bond acceptors (Lipinski definition) is 6. The molecule has 2 aliphatic rings. The minimum absolute atomic E-state index is 0.0898. The number of hydrogen-bond donors (Lipinski definition) is 1. The van der Waals surface area contributed by atoms with Gasteiger partial charge in [-0.2, -0.15) is 0 Å². The maximum absolute atomic E-state index is 14.8. The molecule has 0 bridgehead atoms. The highest BCUT2D eigenvalue weighted by Gasteiger charge is 2.51. The van der Waals surface area contributed by atoms with Gasteiger partial charge in [-0.3, -0.25) is 9.62 Å². The Morgan fingerprint density at radius 3 is 2.96 bits per heavy atom. The second kappa shape index (κ2) is 7.08. The van der Waals surface area contributed by atoms with Crippen LogP contribution in [0.2, 0.25) is 5.02 Å². The number of halogens is 3. The summed E-state index contributed by atoms with van der Waals surface area (Å²) in [5, 5.41) is 1.83. The summed E-state index contributed by atoms with van der Waals surface area (Å²) in [5.74, 6) is -0.925. The van der Waals surface area contributed by atoms with Crippen molar-refractivity contribution in [3.63, 3.8) is 0 Å². The van der Waals surface area contributed by atoms with E-state index in [9.17, 15) is 17.2 Å². The van der Waals surface area contributed by atoms with Crippen molar-refractivity contribution in [2.75, 3.05) is 29.8 Å². The van der Waals surface area contributed by atoms with Crippen LogP contribution in [-0.4, -0.2) is 50.3 Å². The van der Waals surface area contributed by atoms with E-state index >= 15 is 0 Å². The van der Waals surface area contributed by atoms with Crippen LogP contribution in [0.3, 0.4) is 0 Å². The molecule has 2 atom stereocenters. The molecule has 1 aromatic heterocycles. The highest BCUT2D eigenvalue weighted by Crippen LogP contribution is 2.45. The van der Waals surface area contributed by atoms with E-state index in [1.54, 1.807) is 17.3 Å². The molecule has 28 heavy (non-hydrogen) atoms. The average Bonchev–Trinajstić information content (AvgIpc) is 3.31. The van der Waals surface area contributed by atoms with Crippen molar-refractivity contribution in [1.82, 2.24) is 9.88 Å². The van der Waals surface area contributed by atoms with Crippen LogP contribution < -0.4 is 9.62 Å². The fourth-order valence-electron chi connectivity index (χ4n) is 4.24. The van der Waals surface area contributed by atoms with E-state index < -0.39 is 32.6 Å². The van der Waals surface area contributed by atoms with E-state index in [0.717, 1.165) is 42.9 Å². The number of anilines is 2. The number of fused-ring (bicyclic) bond motifs is 1. The van der Waals surface area contributed by atoms with E-state index in [-0.39, 0.29) is 10.2 Å². The maximum atomic E-state index is 14.8. The Kier molecular flexibility index (Phi) is 5.01. The average molecular weight is 449 g/mol. The number of nitrogens with zero attached hydrogens (tertiary/aromatic N) is 3. The van der Waals surface area contributed by atoms with Crippen LogP contribution in [0.15, 0.2) is 28.6 Å². The molecule has 0 saturated carbocycles. The zero-order chi connectivity index (χ0) is 20.1. The number of alkyl halides is 1. The lowest BCUT2D eigenvalue weighted by Crippen LogP contribution is -2.52. The lowest BCUT2D eigenvalue weighted by molar-refractivity contribution is 0.194. The number of nitrogens with one attached hydrogen (secondary N) is 1. The molecular formula is C17H19ClF2N4O2S2. The van der Waals surface area contributed by atoms with Gasteiger partial charge < -0.3 is 4.90 Å². The Labute approximate surface area is 171 Å². The van der Waals surface area contributed by atoms with Crippen LogP contribution in [0.25, 0.3) is 0 Å². The highest BCUT2D eigenvalue weighted by molar-refractivity contribution is 7.93. The summed E-state index contributed by atoms with van der Waals surface area (Å²) in [5.41, 5.74) is -0.219. The molecule has 6 nitrogen and oxygen atoms in total. The molecule has 2 aliphatic heterocycles. The lowest BCUT2D eigenvalue weighted by atomic mass is 10.0. The van der Waals surface area contributed by atoms with Crippen molar-refractivity contribution >= 4 is 43.8 Å². The zero-order valence-electron chi connectivity index (χ0n) is 15.0. The predicted molar refractivity (Wildman–Crippen MR) is 106 cm³/mol. The third kappa shape index (κ3) is 3.26. The molecule has 152 valence electrons. The third-order valence-corrected chi connectivity index (χ3v) is 7.97. The van der Waals surface area contributed by atoms with Crippen molar-refractivity contribution in [3.8, 4) is 0 Å². The van der Waals surface area contributed by atoms with Crippen LogP contribution >= 0.6 is 22.9 Å². The molecule has 2 saturated heterocycles. The molecule has 3 heterocycles. The summed E-state index contributed by atoms with van der Waals surface area (Å²) in [6.07, 6.45) is 2.46. The second-order valence-electron chi connectivity index (χ2n) is 7.07. The molecule has 1 aromatic carbocycles. The van der Waals surface area contributed by atoms with E-state index in [1.807, 2.05) is 0 Å². The second-order valence-corrected chi connectivity index (χ2v) is 10.0. The van der Waals surface area contributed by atoms with E-state index in [2.05, 4.69) is 14.6 Å². The van der Waals surface area contributed by atoms with Crippen LogP contribution in [0.5, 0.6) is 0 Å². The fourth-order valence-corrected chi connectivity index (χ4v) is 6.47.